The lowest BCUT2D eigenvalue weighted by atomic mass is 10.1. The molecular formula is C9H18O3. The Morgan fingerprint density at radius 1 is 1.33 bits per heavy atom. The highest BCUT2D eigenvalue weighted by Crippen LogP contribution is 2.13. The molecule has 0 spiro atoms. The van der Waals surface area contributed by atoms with Crippen molar-refractivity contribution in [2.24, 2.45) is 0 Å². The molecule has 0 aliphatic heterocycles. The molecule has 0 radical (unpaired) electrons. The third-order valence-corrected chi connectivity index (χ3v) is 1.67. The summed E-state index contributed by atoms with van der Waals surface area (Å²) in [5, 5.41) is 0. The van der Waals surface area contributed by atoms with E-state index in [1.165, 1.54) is 0 Å². The van der Waals surface area contributed by atoms with Crippen LogP contribution < -0.4 is 0 Å². The first-order chi connectivity index (χ1) is 5.52. The number of hydrogen-bond acceptors (Lipinski definition) is 3. The zero-order chi connectivity index (χ0) is 9.61. The van der Waals surface area contributed by atoms with Crippen molar-refractivity contribution < 1.29 is 14.3 Å². The van der Waals surface area contributed by atoms with Crippen LogP contribution in [0.15, 0.2) is 0 Å². The van der Waals surface area contributed by atoms with E-state index in [0.29, 0.717) is 6.61 Å². The molecule has 0 rings (SSSR count). The third kappa shape index (κ3) is 5.13. The van der Waals surface area contributed by atoms with Gasteiger partial charge in [-0.25, -0.2) is 4.79 Å². The van der Waals surface area contributed by atoms with Gasteiger partial charge in [-0.2, -0.15) is 0 Å². The van der Waals surface area contributed by atoms with Gasteiger partial charge in [-0.05, 0) is 27.2 Å². The van der Waals surface area contributed by atoms with Gasteiger partial charge in [0.1, 0.15) is 12.2 Å². The van der Waals surface area contributed by atoms with Crippen LogP contribution in [0.25, 0.3) is 0 Å². The molecule has 3 nitrogen and oxygen atoms in total. The maximum atomic E-state index is 11.0. The third-order valence-electron chi connectivity index (χ3n) is 1.67. The fourth-order valence-corrected chi connectivity index (χ4v) is 0.595. The standard InChI is InChI=1S/C9H18O3/c1-5-9(3,4)12-8(10)7-11-6-2/h5-7H2,1-4H3. The predicted octanol–water partition coefficient (Wildman–Crippen LogP) is 1.75. The summed E-state index contributed by atoms with van der Waals surface area (Å²) in [6.07, 6.45) is 0.810. The first kappa shape index (κ1) is 11.4. The summed E-state index contributed by atoms with van der Waals surface area (Å²) >= 11 is 0. The highest BCUT2D eigenvalue weighted by Gasteiger charge is 2.19. The molecule has 0 bridgehead atoms. The van der Waals surface area contributed by atoms with Crippen molar-refractivity contribution in [3.05, 3.63) is 0 Å². The number of rotatable bonds is 5. The van der Waals surface area contributed by atoms with E-state index in [0.717, 1.165) is 6.42 Å². The van der Waals surface area contributed by atoms with Crippen molar-refractivity contribution in [3.8, 4) is 0 Å². The molecule has 0 amide bonds. The average Bonchev–Trinajstić information content (AvgIpc) is 2.00. The normalized spacial score (nSPS) is 11.3. The Morgan fingerprint density at radius 2 is 1.92 bits per heavy atom. The minimum atomic E-state index is -0.367. The van der Waals surface area contributed by atoms with Crippen LogP contribution in [0, 0.1) is 0 Å². The molecule has 0 saturated heterocycles. The smallest absolute Gasteiger partial charge is 0.332 e. The van der Waals surface area contributed by atoms with Gasteiger partial charge in [0.15, 0.2) is 0 Å². The van der Waals surface area contributed by atoms with Crippen LogP contribution in [-0.4, -0.2) is 24.8 Å². The van der Waals surface area contributed by atoms with E-state index in [9.17, 15) is 4.79 Å². The number of carbonyl (C=O) groups is 1. The molecule has 0 aromatic carbocycles. The van der Waals surface area contributed by atoms with Gasteiger partial charge >= 0.3 is 5.97 Å². The minimum Gasteiger partial charge on any atom is -0.458 e. The van der Waals surface area contributed by atoms with E-state index >= 15 is 0 Å². The summed E-state index contributed by atoms with van der Waals surface area (Å²) in [5.74, 6) is -0.288. The Balaban J connectivity index is 3.68. The quantitative estimate of drug-likeness (QED) is 0.596. The first-order valence-electron chi connectivity index (χ1n) is 4.31. The van der Waals surface area contributed by atoms with Crippen LogP contribution in [0.1, 0.15) is 34.1 Å². The lowest BCUT2D eigenvalue weighted by Gasteiger charge is -2.22. The SMILES string of the molecule is CCOCC(=O)OC(C)(C)CC. The monoisotopic (exact) mass is 174 g/mol. The lowest BCUT2D eigenvalue weighted by molar-refractivity contribution is -0.161. The average molecular weight is 174 g/mol. The Morgan fingerprint density at radius 3 is 2.33 bits per heavy atom. The van der Waals surface area contributed by atoms with Gasteiger partial charge in [-0.3, -0.25) is 0 Å². The Hall–Kier alpha value is -0.570. The molecule has 0 unspecified atom stereocenters. The van der Waals surface area contributed by atoms with Crippen LogP contribution in [0.5, 0.6) is 0 Å². The van der Waals surface area contributed by atoms with Crippen LogP contribution in [0.4, 0.5) is 0 Å². The summed E-state index contributed by atoms with van der Waals surface area (Å²) in [7, 11) is 0. The zero-order valence-corrected chi connectivity index (χ0v) is 8.35. The topological polar surface area (TPSA) is 35.5 Å². The van der Waals surface area contributed by atoms with Gasteiger partial charge in [-0.1, -0.05) is 6.92 Å². The molecule has 0 saturated carbocycles. The molecule has 0 fully saturated rings. The van der Waals surface area contributed by atoms with E-state index < -0.39 is 0 Å². The molecule has 0 heterocycles. The van der Waals surface area contributed by atoms with Crippen molar-refractivity contribution in [2.45, 2.75) is 39.7 Å². The molecule has 72 valence electrons. The van der Waals surface area contributed by atoms with Crippen molar-refractivity contribution in [3.63, 3.8) is 0 Å². The predicted molar refractivity (Wildman–Crippen MR) is 47.0 cm³/mol. The van der Waals surface area contributed by atoms with E-state index in [2.05, 4.69) is 0 Å². The number of esters is 1. The van der Waals surface area contributed by atoms with Gasteiger partial charge < -0.3 is 9.47 Å². The second kappa shape index (κ2) is 5.14. The van der Waals surface area contributed by atoms with E-state index in [1.807, 2.05) is 27.7 Å². The van der Waals surface area contributed by atoms with Crippen LogP contribution in [0.2, 0.25) is 0 Å². The fraction of sp³-hybridized carbons (Fsp3) is 0.889. The van der Waals surface area contributed by atoms with Gasteiger partial charge in [-0.15, -0.1) is 0 Å². The lowest BCUT2D eigenvalue weighted by Crippen LogP contribution is -2.29. The zero-order valence-electron chi connectivity index (χ0n) is 8.35. The summed E-state index contributed by atoms with van der Waals surface area (Å²) < 4.78 is 10.0. The number of hydrogen-bond donors (Lipinski definition) is 0. The fourth-order valence-electron chi connectivity index (χ4n) is 0.595. The van der Waals surface area contributed by atoms with E-state index in [-0.39, 0.29) is 18.2 Å². The summed E-state index contributed by atoms with van der Waals surface area (Å²) in [6.45, 7) is 8.20. The van der Waals surface area contributed by atoms with Crippen molar-refractivity contribution in [2.75, 3.05) is 13.2 Å². The Kier molecular flexibility index (Phi) is 4.90. The molecule has 0 aromatic rings. The van der Waals surface area contributed by atoms with Crippen molar-refractivity contribution in [1.29, 1.82) is 0 Å². The van der Waals surface area contributed by atoms with Gasteiger partial charge in [0.05, 0.1) is 0 Å². The first-order valence-corrected chi connectivity index (χ1v) is 4.31. The second-order valence-electron chi connectivity index (χ2n) is 3.22. The molecule has 3 heteroatoms. The van der Waals surface area contributed by atoms with Crippen molar-refractivity contribution in [1.82, 2.24) is 0 Å². The Labute approximate surface area is 74.0 Å². The summed E-state index contributed by atoms with van der Waals surface area (Å²) in [6, 6.07) is 0. The van der Waals surface area contributed by atoms with Gasteiger partial charge in [0, 0.05) is 6.61 Å². The van der Waals surface area contributed by atoms with Crippen LogP contribution in [0.3, 0.4) is 0 Å². The van der Waals surface area contributed by atoms with Gasteiger partial charge in [0.25, 0.3) is 0 Å². The molecule has 12 heavy (non-hydrogen) atoms. The number of ether oxygens (including phenoxy) is 2. The molecule has 0 N–H and O–H groups in total. The molecule has 0 atom stereocenters. The second-order valence-corrected chi connectivity index (χ2v) is 3.22. The maximum Gasteiger partial charge on any atom is 0.332 e. The van der Waals surface area contributed by atoms with E-state index in [1.54, 1.807) is 0 Å². The van der Waals surface area contributed by atoms with Crippen LogP contribution >= 0.6 is 0 Å². The van der Waals surface area contributed by atoms with Gasteiger partial charge in [0.2, 0.25) is 0 Å². The summed E-state index contributed by atoms with van der Waals surface area (Å²) in [4.78, 5) is 11.0. The highest BCUT2D eigenvalue weighted by atomic mass is 16.6. The minimum absolute atomic E-state index is 0.0555. The van der Waals surface area contributed by atoms with E-state index in [4.69, 9.17) is 9.47 Å². The molecule has 0 aliphatic rings. The Bertz CT molecular complexity index is 141. The largest absolute Gasteiger partial charge is 0.458 e. The van der Waals surface area contributed by atoms with Crippen LogP contribution in [-0.2, 0) is 14.3 Å². The maximum absolute atomic E-state index is 11.0. The molecule has 0 aliphatic carbocycles. The number of carbonyl (C=O) groups excluding carboxylic acids is 1. The molecule has 0 aromatic heterocycles. The van der Waals surface area contributed by atoms with Crippen molar-refractivity contribution >= 4 is 5.97 Å². The molecular weight excluding hydrogens is 156 g/mol. The highest BCUT2D eigenvalue weighted by molar-refractivity contribution is 5.71. The summed E-state index contributed by atoms with van der Waals surface area (Å²) in [5.41, 5.74) is -0.367.